The van der Waals surface area contributed by atoms with Gasteiger partial charge in [0.2, 0.25) is 0 Å². The monoisotopic (exact) mass is 364 g/mol. The summed E-state index contributed by atoms with van der Waals surface area (Å²) in [5.74, 6) is -0.220. The zero-order valence-electron chi connectivity index (χ0n) is 13.5. The number of nitrogens with zero attached hydrogens (tertiary/aromatic N) is 1. The third kappa shape index (κ3) is 3.18. The lowest BCUT2D eigenvalue weighted by atomic mass is 10.0. The summed E-state index contributed by atoms with van der Waals surface area (Å²) in [6.45, 7) is 3.02. The Morgan fingerprint density at radius 3 is 2.92 bits per heavy atom. The van der Waals surface area contributed by atoms with Crippen molar-refractivity contribution in [2.45, 2.75) is 31.1 Å². The van der Waals surface area contributed by atoms with Crippen molar-refractivity contribution in [3.05, 3.63) is 46.2 Å². The van der Waals surface area contributed by atoms with Crippen LogP contribution in [0.1, 0.15) is 35.0 Å². The average Bonchev–Trinajstić information content (AvgIpc) is 3.10. The van der Waals surface area contributed by atoms with E-state index < -0.39 is 10.0 Å². The molecule has 5 nitrogen and oxygen atoms in total. The molecule has 7 heteroatoms. The van der Waals surface area contributed by atoms with Crippen molar-refractivity contribution >= 4 is 33.0 Å². The summed E-state index contributed by atoms with van der Waals surface area (Å²) in [4.78, 5) is 12.6. The van der Waals surface area contributed by atoms with Gasteiger partial charge in [0.15, 0.2) is 0 Å². The first-order chi connectivity index (χ1) is 11.5. The molecule has 0 spiro atoms. The average molecular weight is 364 g/mol. The number of para-hydroxylation sites is 1. The molecule has 0 radical (unpaired) electrons. The number of aryl methyl sites for hydroxylation is 1. The second-order valence-electron chi connectivity index (χ2n) is 5.71. The summed E-state index contributed by atoms with van der Waals surface area (Å²) < 4.78 is 27.5. The van der Waals surface area contributed by atoms with Crippen LogP contribution in [0.5, 0.6) is 0 Å². The van der Waals surface area contributed by atoms with Crippen LogP contribution in [0.2, 0.25) is 0 Å². The molecule has 0 aliphatic carbocycles. The first kappa shape index (κ1) is 17.0. The lowest BCUT2D eigenvalue weighted by molar-refractivity contribution is 0.0957. The number of nitrogens with one attached hydrogen (secondary N) is 1. The van der Waals surface area contributed by atoms with E-state index in [2.05, 4.69) is 5.32 Å². The van der Waals surface area contributed by atoms with Crippen molar-refractivity contribution in [3.8, 4) is 0 Å². The molecule has 0 saturated heterocycles. The van der Waals surface area contributed by atoms with Crippen LogP contribution in [0, 0.1) is 0 Å². The second kappa shape index (κ2) is 6.94. The lowest BCUT2D eigenvalue weighted by Crippen LogP contribution is -2.35. The third-order valence-electron chi connectivity index (χ3n) is 3.99. The van der Waals surface area contributed by atoms with Crippen molar-refractivity contribution in [2.75, 3.05) is 17.4 Å². The molecule has 24 heavy (non-hydrogen) atoms. The van der Waals surface area contributed by atoms with Crippen LogP contribution in [0.4, 0.5) is 5.69 Å². The Morgan fingerprint density at radius 2 is 2.12 bits per heavy atom. The molecular formula is C17H20N2O3S2. The van der Waals surface area contributed by atoms with E-state index in [0.29, 0.717) is 18.0 Å². The number of benzene rings is 1. The van der Waals surface area contributed by atoms with Gasteiger partial charge in [-0.05, 0) is 37.0 Å². The minimum atomic E-state index is -3.64. The van der Waals surface area contributed by atoms with Crippen LogP contribution >= 0.6 is 11.3 Å². The number of thiophene rings is 1. The number of sulfonamides is 1. The number of hydrogen-bond donors (Lipinski definition) is 1. The Labute approximate surface area is 146 Å². The highest BCUT2D eigenvalue weighted by Crippen LogP contribution is 2.33. The zero-order chi connectivity index (χ0) is 17.2. The predicted molar refractivity (Wildman–Crippen MR) is 96.2 cm³/mol. The molecule has 0 atom stereocenters. The van der Waals surface area contributed by atoms with Crippen molar-refractivity contribution in [2.24, 2.45) is 0 Å². The first-order valence-electron chi connectivity index (χ1n) is 8.01. The summed E-state index contributed by atoms with van der Waals surface area (Å²) in [6, 6.07) is 9.06. The number of carbonyl (C=O) groups is 1. The Kier molecular flexibility index (Phi) is 4.91. The van der Waals surface area contributed by atoms with E-state index in [4.69, 9.17) is 0 Å². The normalized spacial score (nSPS) is 14.3. The molecule has 1 amide bonds. The van der Waals surface area contributed by atoms with Gasteiger partial charge in [-0.15, -0.1) is 11.3 Å². The molecule has 0 saturated carbocycles. The molecule has 3 rings (SSSR count). The van der Waals surface area contributed by atoms with Crippen molar-refractivity contribution in [3.63, 3.8) is 0 Å². The minimum absolute atomic E-state index is 0.186. The van der Waals surface area contributed by atoms with Crippen LogP contribution in [0.3, 0.4) is 0 Å². The van der Waals surface area contributed by atoms with E-state index in [0.717, 1.165) is 41.9 Å². The van der Waals surface area contributed by atoms with E-state index in [1.54, 1.807) is 5.38 Å². The highest BCUT2D eigenvalue weighted by atomic mass is 32.2. The summed E-state index contributed by atoms with van der Waals surface area (Å²) >= 11 is 1.16. The van der Waals surface area contributed by atoms with E-state index in [1.807, 2.05) is 31.2 Å². The van der Waals surface area contributed by atoms with Gasteiger partial charge in [-0.1, -0.05) is 25.1 Å². The number of carbonyl (C=O) groups excluding carboxylic acids is 1. The van der Waals surface area contributed by atoms with Gasteiger partial charge in [0.05, 0.1) is 15.5 Å². The van der Waals surface area contributed by atoms with Crippen LogP contribution in [-0.4, -0.2) is 27.4 Å². The molecule has 1 aromatic heterocycles. The molecule has 1 N–H and O–H groups in total. The summed E-state index contributed by atoms with van der Waals surface area (Å²) in [6.07, 6.45) is 2.52. The zero-order valence-corrected chi connectivity index (χ0v) is 15.1. The standard InChI is InChI=1S/C17H20N2O3S2/c1-2-9-18-17(20)16-11-14(12-23-16)24(21,22)19-10-5-7-13-6-3-4-8-15(13)19/h3-4,6,8,11-12H,2,5,7,9-10H2,1H3,(H,18,20). The lowest BCUT2D eigenvalue weighted by Gasteiger charge is -2.30. The molecule has 0 fully saturated rings. The number of anilines is 1. The van der Waals surface area contributed by atoms with Gasteiger partial charge in [-0.25, -0.2) is 8.42 Å². The second-order valence-corrected chi connectivity index (χ2v) is 8.49. The van der Waals surface area contributed by atoms with Crippen LogP contribution < -0.4 is 9.62 Å². The van der Waals surface area contributed by atoms with Gasteiger partial charge in [-0.3, -0.25) is 9.10 Å². The van der Waals surface area contributed by atoms with Crippen LogP contribution in [0.15, 0.2) is 40.6 Å². The Bertz CT molecular complexity index is 843. The Balaban J connectivity index is 1.90. The van der Waals surface area contributed by atoms with Gasteiger partial charge in [0, 0.05) is 18.5 Å². The highest BCUT2D eigenvalue weighted by molar-refractivity contribution is 7.93. The Morgan fingerprint density at radius 1 is 1.33 bits per heavy atom. The topological polar surface area (TPSA) is 66.5 Å². The maximum absolute atomic E-state index is 13.0. The predicted octanol–water partition coefficient (Wildman–Crippen LogP) is 3.03. The molecule has 0 bridgehead atoms. The van der Waals surface area contributed by atoms with Gasteiger partial charge < -0.3 is 5.32 Å². The number of amides is 1. The maximum atomic E-state index is 13.0. The van der Waals surface area contributed by atoms with Crippen molar-refractivity contribution in [1.29, 1.82) is 0 Å². The molecular weight excluding hydrogens is 344 g/mol. The highest BCUT2D eigenvalue weighted by Gasteiger charge is 2.30. The van der Waals surface area contributed by atoms with Crippen LogP contribution in [-0.2, 0) is 16.4 Å². The van der Waals surface area contributed by atoms with E-state index in [-0.39, 0.29) is 10.8 Å². The smallest absolute Gasteiger partial charge is 0.265 e. The van der Waals surface area contributed by atoms with Crippen molar-refractivity contribution in [1.82, 2.24) is 5.32 Å². The summed E-state index contributed by atoms with van der Waals surface area (Å²) in [5.41, 5.74) is 1.79. The van der Waals surface area contributed by atoms with E-state index in [1.165, 1.54) is 10.4 Å². The molecule has 0 unspecified atom stereocenters. The quantitative estimate of drug-likeness (QED) is 0.887. The molecule has 2 aromatic rings. The number of rotatable bonds is 5. The Hall–Kier alpha value is -1.86. The van der Waals surface area contributed by atoms with Gasteiger partial charge in [-0.2, -0.15) is 0 Å². The molecule has 128 valence electrons. The van der Waals surface area contributed by atoms with Crippen molar-refractivity contribution < 1.29 is 13.2 Å². The largest absolute Gasteiger partial charge is 0.351 e. The van der Waals surface area contributed by atoms with Gasteiger partial charge in [0.25, 0.3) is 15.9 Å². The first-order valence-corrected chi connectivity index (χ1v) is 10.3. The molecule has 2 heterocycles. The summed E-state index contributed by atoms with van der Waals surface area (Å²) in [7, 11) is -3.64. The minimum Gasteiger partial charge on any atom is -0.351 e. The number of hydrogen-bond acceptors (Lipinski definition) is 4. The molecule has 1 aliphatic rings. The maximum Gasteiger partial charge on any atom is 0.265 e. The summed E-state index contributed by atoms with van der Waals surface area (Å²) in [5, 5.41) is 4.32. The van der Waals surface area contributed by atoms with Gasteiger partial charge in [0.1, 0.15) is 0 Å². The third-order valence-corrected chi connectivity index (χ3v) is 6.86. The van der Waals surface area contributed by atoms with Gasteiger partial charge >= 0.3 is 0 Å². The van der Waals surface area contributed by atoms with E-state index >= 15 is 0 Å². The SMILES string of the molecule is CCCNC(=O)c1cc(S(=O)(=O)N2CCCc3ccccc32)cs1. The fraction of sp³-hybridized carbons (Fsp3) is 0.353. The number of fused-ring (bicyclic) bond motifs is 1. The molecule has 1 aliphatic heterocycles. The van der Waals surface area contributed by atoms with E-state index in [9.17, 15) is 13.2 Å². The van der Waals surface area contributed by atoms with Crippen LogP contribution in [0.25, 0.3) is 0 Å². The molecule has 1 aromatic carbocycles. The fourth-order valence-electron chi connectivity index (χ4n) is 2.77. The fourth-order valence-corrected chi connectivity index (χ4v) is 5.49.